The zero-order chi connectivity index (χ0) is 19.4. The summed E-state index contributed by atoms with van der Waals surface area (Å²) in [5.41, 5.74) is 1.57. The fraction of sp³-hybridized carbons (Fsp3) is 0.0526. The minimum absolute atomic E-state index is 0.00969. The fourth-order valence-corrected chi connectivity index (χ4v) is 3.29. The molecule has 0 spiro atoms. The molecule has 1 heterocycles. The van der Waals surface area contributed by atoms with Crippen LogP contribution >= 0.6 is 23.4 Å². The zero-order valence-electron chi connectivity index (χ0n) is 13.9. The maximum Gasteiger partial charge on any atom is 0.293 e. The predicted molar refractivity (Wildman–Crippen MR) is 105 cm³/mol. The van der Waals surface area contributed by atoms with E-state index in [1.165, 1.54) is 17.0 Å². The van der Waals surface area contributed by atoms with Crippen LogP contribution in [0.15, 0.2) is 65.6 Å². The van der Waals surface area contributed by atoms with Crippen molar-refractivity contribution in [2.24, 2.45) is 0 Å². The number of halogens is 1. The lowest BCUT2D eigenvalue weighted by atomic mass is 10.2. The van der Waals surface area contributed by atoms with Crippen molar-refractivity contribution in [3.05, 3.63) is 91.9 Å². The van der Waals surface area contributed by atoms with E-state index in [0.717, 1.165) is 22.9 Å². The van der Waals surface area contributed by atoms with Gasteiger partial charge in [0.15, 0.2) is 0 Å². The van der Waals surface area contributed by atoms with E-state index in [0.29, 0.717) is 9.93 Å². The van der Waals surface area contributed by atoms with E-state index < -0.39 is 4.92 Å². The first-order chi connectivity index (χ1) is 12.9. The Bertz CT molecular complexity index is 953. The second-order valence-corrected chi connectivity index (χ2v) is 7.05. The number of carbonyl (C=O) groups excluding carboxylic acids is 2. The summed E-state index contributed by atoms with van der Waals surface area (Å²) in [6.45, 7) is 0.186. The third kappa shape index (κ3) is 4.64. The molecule has 0 atom stereocenters. The first-order valence-corrected chi connectivity index (χ1v) is 9.04. The second kappa shape index (κ2) is 8.20. The van der Waals surface area contributed by atoms with E-state index in [4.69, 9.17) is 11.6 Å². The third-order valence-electron chi connectivity index (χ3n) is 3.77. The van der Waals surface area contributed by atoms with Crippen molar-refractivity contribution in [1.82, 2.24) is 4.90 Å². The van der Waals surface area contributed by atoms with Crippen molar-refractivity contribution in [3.8, 4) is 0 Å². The smallest absolute Gasteiger partial charge is 0.268 e. The molecule has 2 amide bonds. The zero-order valence-corrected chi connectivity index (χ0v) is 15.4. The van der Waals surface area contributed by atoms with E-state index in [-0.39, 0.29) is 23.4 Å². The average molecular weight is 401 g/mol. The lowest BCUT2D eigenvalue weighted by Gasteiger charge is -2.12. The summed E-state index contributed by atoms with van der Waals surface area (Å²) in [4.78, 5) is 36.2. The second-order valence-electron chi connectivity index (χ2n) is 5.62. The van der Waals surface area contributed by atoms with Gasteiger partial charge in [-0.3, -0.25) is 24.6 Å². The van der Waals surface area contributed by atoms with E-state index >= 15 is 0 Å². The number of carbonyl (C=O) groups is 2. The molecule has 1 fully saturated rings. The van der Waals surface area contributed by atoms with Crippen molar-refractivity contribution < 1.29 is 14.5 Å². The van der Waals surface area contributed by atoms with Crippen molar-refractivity contribution in [3.63, 3.8) is 0 Å². The third-order valence-corrected chi connectivity index (χ3v) is 4.95. The number of rotatable bonds is 5. The summed E-state index contributed by atoms with van der Waals surface area (Å²) in [6.07, 6.45) is 4.91. The molecule has 0 radical (unpaired) electrons. The van der Waals surface area contributed by atoms with Gasteiger partial charge in [0.2, 0.25) is 0 Å². The molecule has 0 aromatic heterocycles. The molecule has 0 bridgehead atoms. The van der Waals surface area contributed by atoms with Gasteiger partial charge in [0.1, 0.15) is 0 Å². The van der Waals surface area contributed by atoms with Gasteiger partial charge < -0.3 is 0 Å². The number of benzene rings is 2. The molecule has 136 valence electrons. The van der Waals surface area contributed by atoms with Crippen LogP contribution in [-0.2, 0) is 11.3 Å². The molecular weight excluding hydrogens is 388 g/mol. The van der Waals surface area contributed by atoms with Gasteiger partial charge in [0.25, 0.3) is 16.8 Å². The largest absolute Gasteiger partial charge is 0.293 e. The van der Waals surface area contributed by atoms with Crippen LogP contribution in [0.5, 0.6) is 0 Å². The summed E-state index contributed by atoms with van der Waals surface area (Å²) in [7, 11) is 0. The standard InChI is InChI=1S/C19H13ClN2O4S/c20-15-8-4-14(5-9-15)12-21-18(23)17(27-19(21)24)3-1-2-13-6-10-16(11-7-13)22(25)26/h1-11H,12H2/b2-1+,17-3-. The Morgan fingerprint density at radius 1 is 1.07 bits per heavy atom. The Labute approximate surface area is 164 Å². The van der Waals surface area contributed by atoms with Gasteiger partial charge in [-0.2, -0.15) is 0 Å². The van der Waals surface area contributed by atoms with E-state index in [2.05, 4.69) is 0 Å². The number of hydrogen-bond donors (Lipinski definition) is 0. The molecule has 3 rings (SSSR count). The topological polar surface area (TPSA) is 80.5 Å². The number of allylic oxidation sites excluding steroid dienone is 2. The number of non-ortho nitro benzene ring substituents is 1. The monoisotopic (exact) mass is 400 g/mol. The van der Waals surface area contributed by atoms with Gasteiger partial charge >= 0.3 is 0 Å². The average Bonchev–Trinajstić information content (AvgIpc) is 2.91. The van der Waals surface area contributed by atoms with Gasteiger partial charge in [-0.15, -0.1) is 0 Å². The molecule has 1 saturated heterocycles. The summed E-state index contributed by atoms with van der Waals surface area (Å²) < 4.78 is 0. The number of thioether (sulfide) groups is 1. The van der Waals surface area contributed by atoms with Crippen molar-refractivity contribution in [2.45, 2.75) is 6.54 Å². The van der Waals surface area contributed by atoms with Crippen LogP contribution in [0, 0.1) is 10.1 Å². The lowest BCUT2D eigenvalue weighted by molar-refractivity contribution is -0.384. The Kier molecular flexibility index (Phi) is 5.73. The number of amides is 2. The number of imide groups is 1. The van der Waals surface area contributed by atoms with Crippen LogP contribution in [0.2, 0.25) is 5.02 Å². The van der Waals surface area contributed by atoms with Gasteiger partial charge in [0.05, 0.1) is 16.4 Å². The molecular formula is C19H13ClN2O4S. The number of nitro groups is 1. The van der Waals surface area contributed by atoms with Crippen LogP contribution < -0.4 is 0 Å². The predicted octanol–water partition coefficient (Wildman–Crippen LogP) is 5.04. The van der Waals surface area contributed by atoms with Crippen molar-refractivity contribution in [1.29, 1.82) is 0 Å². The molecule has 2 aromatic rings. The molecule has 27 heavy (non-hydrogen) atoms. The number of nitrogens with zero attached hydrogens (tertiary/aromatic N) is 2. The highest BCUT2D eigenvalue weighted by molar-refractivity contribution is 8.18. The highest BCUT2D eigenvalue weighted by Gasteiger charge is 2.34. The van der Waals surface area contributed by atoms with Crippen LogP contribution in [0.4, 0.5) is 10.5 Å². The first kappa shape index (κ1) is 18.9. The van der Waals surface area contributed by atoms with Gasteiger partial charge in [-0.1, -0.05) is 35.9 Å². The summed E-state index contributed by atoms with van der Waals surface area (Å²) in [6, 6.07) is 13.0. The maximum atomic E-state index is 12.4. The molecule has 2 aromatic carbocycles. The Morgan fingerprint density at radius 3 is 2.37 bits per heavy atom. The molecule has 0 unspecified atom stereocenters. The van der Waals surface area contributed by atoms with Crippen LogP contribution in [0.3, 0.4) is 0 Å². The molecule has 8 heteroatoms. The Morgan fingerprint density at radius 2 is 1.74 bits per heavy atom. The minimum Gasteiger partial charge on any atom is -0.268 e. The number of nitro benzene ring substituents is 1. The van der Waals surface area contributed by atoms with Gasteiger partial charge in [-0.05, 0) is 53.2 Å². The lowest BCUT2D eigenvalue weighted by Crippen LogP contribution is -2.27. The fourth-order valence-electron chi connectivity index (χ4n) is 2.38. The first-order valence-electron chi connectivity index (χ1n) is 7.85. The van der Waals surface area contributed by atoms with E-state index in [1.54, 1.807) is 54.6 Å². The molecule has 0 N–H and O–H groups in total. The molecule has 0 saturated carbocycles. The minimum atomic E-state index is -0.468. The summed E-state index contributed by atoms with van der Waals surface area (Å²) >= 11 is 6.72. The summed E-state index contributed by atoms with van der Waals surface area (Å²) in [5, 5.41) is 10.9. The highest BCUT2D eigenvalue weighted by Crippen LogP contribution is 2.32. The van der Waals surface area contributed by atoms with Gasteiger partial charge in [0, 0.05) is 17.2 Å². The molecule has 1 aliphatic rings. The van der Waals surface area contributed by atoms with Crippen LogP contribution in [0.1, 0.15) is 11.1 Å². The van der Waals surface area contributed by atoms with Crippen LogP contribution in [0.25, 0.3) is 6.08 Å². The SMILES string of the molecule is O=C1S/C(=C\C=C\c2ccc([N+](=O)[O-])cc2)C(=O)N1Cc1ccc(Cl)cc1. The molecule has 1 aliphatic heterocycles. The molecule has 0 aliphatic carbocycles. The van der Waals surface area contributed by atoms with Crippen molar-refractivity contribution in [2.75, 3.05) is 0 Å². The van der Waals surface area contributed by atoms with Gasteiger partial charge in [-0.25, -0.2) is 0 Å². The maximum absolute atomic E-state index is 12.4. The normalized spacial score (nSPS) is 15.9. The Balaban J connectivity index is 1.68. The Hall–Kier alpha value is -2.90. The quantitative estimate of drug-likeness (QED) is 0.399. The van der Waals surface area contributed by atoms with Crippen molar-refractivity contribution >= 4 is 46.3 Å². The highest BCUT2D eigenvalue weighted by atomic mass is 35.5. The van der Waals surface area contributed by atoms with E-state index in [1.807, 2.05) is 0 Å². The summed E-state index contributed by atoms with van der Waals surface area (Å²) in [5.74, 6) is -0.353. The molecule has 6 nitrogen and oxygen atoms in total. The van der Waals surface area contributed by atoms with E-state index in [9.17, 15) is 19.7 Å². The van der Waals surface area contributed by atoms with Crippen LogP contribution in [-0.4, -0.2) is 21.0 Å². The number of hydrogen-bond acceptors (Lipinski definition) is 5.